The van der Waals surface area contributed by atoms with E-state index in [1.165, 1.54) is 7.11 Å². The first-order valence-electron chi connectivity index (χ1n) is 6.09. The Morgan fingerprint density at radius 1 is 1.11 bits per heavy atom. The lowest BCUT2D eigenvalue weighted by Gasteiger charge is -2.11. The fourth-order valence-corrected chi connectivity index (χ4v) is 2.09. The number of anilines is 1. The van der Waals surface area contributed by atoms with Crippen LogP contribution in [0.3, 0.4) is 0 Å². The normalized spacial score (nSPS) is 10.3. The van der Waals surface area contributed by atoms with Crippen LogP contribution < -0.4 is 10.5 Å². The molecule has 0 heterocycles. The molecular weight excluding hydrogens is 238 g/mol. The second-order valence-electron chi connectivity index (χ2n) is 4.58. The van der Waals surface area contributed by atoms with E-state index in [0.29, 0.717) is 22.6 Å². The van der Waals surface area contributed by atoms with E-state index in [1.54, 1.807) is 18.2 Å². The molecule has 2 aromatic rings. The van der Waals surface area contributed by atoms with Gasteiger partial charge >= 0.3 is 0 Å². The zero-order chi connectivity index (χ0) is 14.0. The highest BCUT2D eigenvalue weighted by Crippen LogP contribution is 2.28. The number of benzene rings is 2. The van der Waals surface area contributed by atoms with Gasteiger partial charge in [-0.05, 0) is 37.6 Å². The third kappa shape index (κ3) is 2.45. The Balaban J connectivity index is 2.56. The first-order chi connectivity index (χ1) is 9.04. The van der Waals surface area contributed by atoms with E-state index in [9.17, 15) is 4.79 Å². The van der Waals surface area contributed by atoms with Gasteiger partial charge in [0.05, 0.1) is 18.4 Å². The van der Waals surface area contributed by atoms with Gasteiger partial charge in [-0.1, -0.05) is 23.8 Å². The van der Waals surface area contributed by atoms with Gasteiger partial charge in [0.15, 0.2) is 11.5 Å². The number of carbonyl (C=O) groups excluding carboxylic acids is 1. The second kappa shape index (κ2) is 5.14. The van der Waals surface area contributed by atoms with E-state index in [1.807, 2.05) is 32.0 Å². The largest absolute Gasteiger partial charge is 0.494 e. The lowest BCUT2D eigenvalue weighted by atomic mass is 9.96. The average molecular weight is 255 g/mol. The van der Waals surface area contributed by atoms with Gasteiger partial charge in [-0.3, -0.25) is 4.79 Å². The third-order valence-corrected chi connectivity index (χ3v) is 3.13. The van der Waals surface area contributed by atoms with E-state index < -0.39 is 0 Å². The molecule has 98 valence electrons. The maximum absolute atomic E-state index is 12.6. The van der Waals surface area contributed by atoms with Crippen molar-refractivity contribution in [3.63, 3.8) is 0 Å². The van der Waals surface area contributed by atoms with Gasteiger partial charge in [0.2, 0.25) is 0 Å². The molecule has 0 amide bonds. The predicted octanol–water partition coefficient (Wildman–Crippen LogP) is 3.13. The van der Waals surface area contributed by atoms with Gasteiger partial charge < -0.3 is 10.5 Å². The minimum Gasteiger partial charge on any atom is -0.494 e. The third-order valence-electron chi connectivity index (χ3n) is 3.13. The summed E-state index contributed by atoms with van der Waals surface area (Å²) >= 11 is 0. The first-order valence-corrected chi connectivity index (χ1v) is 6.09. The van der Waals surface area contributed by atoms with Crippen LogP contribution >= 0.6 is 0 Å². The van der Waals surface area contributed by atoms with Crippen LogP contribution in [-0.2, 0) is 0 Å². The van der Waals surface area contributed by atoms with Crippen molar-refractivity contribution in [1.82, 2.24) is 0 Å². The zero-order valence-corrected chi connectivity index (χ0v) is 11.4. The van der Waals surface area contributed by atoms with Gasteiger partial charge in [0.25, 0.3) is 0 Å². The van der Waals surface area contributed by atoms with Crippen LogP contribution in [-0.4, -0.2) is 12.9 Å². The Kier molecular flexibility index (Phi) is 3.56. The summed E-state index contributed by atoms with van der Waals surface area (Å²) in [6.07, 6.45) is 0. The average Bonchev–Trinajstić information content (AvgIpc) is 2.40. The molecule has 2 N–H and O–H groups in total. The van der Waals surface area contributed by atoms with Crippen LogP contribution in [0.5, 0.6) is 5.75 Å². The van der Waals surface area contributed by atoms with Crippen LogP contribution in [0.1, 0.15) is 27.0 Å². The van der Waals surface area contributed by atoms with Crippen molar-refractivity contribution in [1.29, 1.82) is 0 Å². The zero-order valence-electron chi connectivity index (χ0n) is 11.4. The van der Waals surface area contributed by atoms with Crippen molar-refractivity contribution >= 4 is 11.5 Å². The van der Waals surface area contributed by atoms with Crippen molar-refractivity contribution in [2.45, 2.75) is 13.8 Å². The number of rotatable bonds is 3. The molecule has 2 rings (SSSR count). The molecule has 3 heteroatoms. The van der Waals surface area contributed by atoms with Crippen molar-refractivity contribution in [3.05, 3.63) is 58.7 Å². The summed E-state index contributed by atoms with van der Waals surface area (Å²) in [5.41, 5.74) is 9.49. The van der Waals surface area contributed by atoms with Crippen molar-refractivity contribution in [3.8, 4) is 5.75 Å². The predicted molar refractivity (Wildman–Crippen MR) is 76.8 cm³/mol. The number of aryl methyl sites for hydroxylation is 2. The summed E-state index contributed by atoms with van der Waals surface area (Å²) in [5.74, 6) is 0.374. The van der Waals surface area contributed by atoms with Crippen molar-refractivity contribution in [2.24, 2.45) is 0 Å². The fraction of sp³-hybridized carbons (Fsp3) is 0.188. The SMILES string of the molecule is COc1c(N)cccc1C(=O)c1cc(C)ccc1C. The van der Waals surface area contributed by atoms with Gasteiger partial charge in [-0.25, -0.2) is 0 Å². The lowest BCUT2D eigenvalue weighted by Crippen LogP contribution is -2.07. The molecule has 0 aromatic heterocycles. The molecule has 0 fully saturated rings. The topological polar surface area (TPSA) is 52.3 Å². The Hall–Kier alpha value is -2.29. The summed E-state index contributed by atoms with van der Waals surface area (Å²) in [6.45, 7) is 3.89. The van der Waals surface area contributed by atoms with E-state index in [-0.39, 0.29) is 5.78 Å². The Labute approximate surface area is 113 Å². The quantitative estimate of drug-likeness (QED) is 0.677. The van der Waals surface area contributed by atoms with Crippen molar-refractivity contribution < 1.29 is 9.53 Å². The number of hydrogen-bond acceptors (Lipinski definition) is 3. The smallest absolute Gasteiger partial charge is 0.197 e. The maximum atomic E-state index is 12.6. The highest BCUT2D eigenvalue weighted by atomic mass is 16.5. The molecule has 0 spiro atoms. The maximum Gasteiger partial charge on any atom is 0.197 e. The molecule has 2 aromatic carbocycles. The minimum atomic E-state index is -0.0645. The van der Waals surface area contributed by atoms with Gasteiger partial charge in [0.1, 0.15) is 0 Å². The number of ketones is 1. The Morgan fingerprint density at radius 3 is 2.53 bits per heavy atom. The number of nitrogen functional groups attached to an aromatic ring is 1. The molecule has 0 saturated heterocycles. The Bertz CT molecular complexity index is 633. The molecule has 19 heavy (non-hydrogen) atoms. The summed E-state index contributed by atoms with van der Waals surface area (Å²) in [6, 6.07) is 11.0. The number of hydrogen-bond donors (Lipinski definition) is 1. The van der Waals surface area contributed by atoms with E-state index in [0.717, 1.165) is 11.1 Å². The molecule has 0 radical (unpaired) electrons. The number of para-hydroxylation sites is 1. The van der Waals surface area contributed by atoms with Gasteiger partial charge in [0, 0.05) is 5.56 Å². The number of nitrogens with two attached hydrogens (primary N) is 1. The molecule has 0 saturated carbocycles. The van der Waals surface area contributed by atoms with Crippen LogP contribution in [0.25, 0.3) is 0 Å². The highest BCUT2D eigenvalue weighted by molar-refractivity contribution is 6.12. The molecule has 3 nitrogen and oxygen atoms in total. The van der Waals surface area contributed by atoms with E-state index >= 15 is 0 Å². The summed E-state index contributed by atoms with van der Waals surface area (Å²) in [4.78, 5) is 12.6. The van der Waals surface area contributed by atoms with Crippen LogP contribution in [0, 0.1) is 13.8 Å². The minimum absolute atomic E-state index is 0.0645. The summed E-state index contributed by atoms with van der Waals surface area (Å²) < 4.78 is 5.24. The lowest BCUT2D eigenvalue weighted by molar-refractivity contribution is 0.103. The second-order valence-corrected chi connectivity index (χ2v) is 4.58. The Morgan fingerprint density at radius 2 is 1.84 bits per heavy atom. The molecule has 0 bridgehead atoms. The van der Waals surface area contributed by atoms with Crippen LogP contribution in [0.15, 0.2) is 36.4 Å². The molecule has 0 aliphatic rings. The fourth-order valence-electron chi connectivity index (χ4n) is 2.09. The van der Waals surface area contributed by atoms with Crippen molar-refractivity contribution in [2.75, 3.05) is 12.8 Å². The van der Waals surface area contributed by atoms with Gasteiger partial charge in [-0.2, -0.15) is 0 Å². The number of ether oxygens (including phenoxy) is 1. The van der Waals surface area contributed by atoms with Crippen LogP contribution in [0.2, 0.25) is 0 Å². The summed E-state index contributed by atoms with van der Waals surface area (Å²) in [5, 5.41) is 0. The van der Waals surface area contributed by atoms with Gasteiger partial charge in [-0.15, -0.1) is 0 Å². The molecule has 0 unspecified atom stereocenters. The molecule has 0 aliphatic heterocycles. The summed E-state index contributed by atoms with van der Waals surface area (Å²) in [7, 11) is 1.52. The number of carbonyl (C=O) groups is 1. The van der Waals surface area contributed by atoms with E-state index in [4.69, 9.17) is 10.5 Å². The number of methoxy groups -OCH3 is 1. The molecular formula is C16H17NO2. The first kappa shape index (κ1) is 13.1. The molecule has 0 atom stereocenters. The standard InChI is InChI=1S/C16H17NO2/c1-10-7-8-11(2)13(9-10)15(18)12-5-4-6-14(17)16(12)19-3/h4-9H,17H2,1-3H3. The monoisotopic (exact) mass is 255 g/mol. The van der Waals surface area contributed by atoms with E-state index in [2.05, 4.69) is 0 Å². The highest BCUT2D eigenvalue weighted by Gasteiger charge is 2.17. The van der Waals surface area contributed by atoms with Crippen LogP contribution in [0.4, 0.5) is 5.69 Å². The molecule has 0 aliphatic carbocycles.